The monoisotopic (exact) mass is 371 g/mol. The zero-order valence-corrected chi connectivity index (χ0v) is 15.5. The maximum absolute atomic E-state index is 6.02. The summed E-state index contributed by atoms with van der Waals surface area (Å²) in [5.74, 6) is 1.72. The van der Waals surface area contributed by atoms with E-state index in [1.807, 2.05) is 16.8 Å². The van der Waals surface area contributed by atoms with Gasteiger partial charge in [0.25, 0.3) is 0 Å². The first-order chi connectivity index (χ1) is 10.8. The molecule has 7 heteroatoms. The lowest BCUT2D eigenvalue weighted by Gasteiger charge is -2.28. The maximum Gasteiger partial charge on any atom is 0.157 e. The molecule has 134 valence electrons. The van der Waals surface area contributed by atoms with E-state index in [1.165, 1.54) is 31.4 Å². The van der Waals surface area contributed by atoms with Gasteiger partial charge < -0.3 is 11.1 Å². The first-order valence-corrected chi connectivity index (χ1v) is 8.66. The zero-order valence-electron chi connectivity index (χ0n) is 13.9. The van der Waals surface area contributed by atoms with Crippen molar-refractivity contribution in [1.29, 1.82) is 0 Å². The second kappa shape index (κ2) is 8.37. The number of halogens is 2. The van der Waals surface area contributed by atoms with Crippen molar-refractivity contribution in [2.75, 3.05) is 5.32 Å². The molecule has 0 atom stereocenters. The number of fused-ring (bicyclic) bond motifs is 1. The third kappa shape index (κ3) is 3.95. The van der Waals surface area contributed by atoms with Crippen LogP contribution in [0, 0.1) is 0 Å². The molecular weight excluding hydrogens is 345 g/mol. The van der Waals surface area contributed by atoms with Crippen molar-refractivity contribution in [2.24, 2.45) is 5.73 Å². The highest BCUT2D eigenvalue weighted by atomic mass is 35.5. The van der Waals surface area contributed by atoms with Crippen LogP contribution in [-0.2, 0) is 0 Å². The molecule has 2 aromatic heterocycles. The van der Waals surface area contributed by atoms with E-state index >= 15 is 0 Å². The summed E-state index contributed by atoms with van der Waals surface area (Å²) in [6, 6.07) is 5.12. The standard InChI is InChI=1S/C17H25N5.2ClH/c18-13-5-7-14(8-6-13)20-17-11-15(12-3-1-2-4-12)21-16-9-10-19-22(16)17;;/h9-14,20H,1-8,18H2;2*1H. The number of hydrogen-bond acceptors (Lipinski definition) is 4. The van der Waals surface area contributed by atoms with Crippen molar-refractivity contribution in [2.45, 2.75) is 69.4 Å². The maximum atomic E-state index is 6.02. The molecule has 2 aliphatic rings. The second-order valence-corrected chi connectivity index (χ2v) is 6.90. The molecular formula is C17H27Cl2N5. The molecule has 0 spiro atoms. The first kappa shape index (κ1) is 19.3. The number of nitrogens with zero attached hydrogens (tertiary/aromatic N) is 3. The van der Waals surface area contributed by atoms with Crippen LogP contribution < -0.4 is 11.1 Å². The number of nitrogens with two attached hydrogens (primary N) is 1. The molecule has 0 unspecified atom stereocenters. The van der Waals surface area contributed by atoms with E-state index < -0.39 is 0 Å². The molecule has 2 fully saturated rings. The highest BCUT2D eigenvalue weighted by Gasteiger charge is 2.22. The quantitative estimate of drug-likeness (QED) is 0.857. The summed E-state index contributed by atoms with van der Waals surface area (Å²) in [7, 11) is 0. The predicted octanol–water partition coefficient (Wildman–Crippen LogP) is 3.91. The Kier molecular flexibility index (Phi) is 6.72. The van der Waals surface area contributed by atoms with Gasteiger partial charge in [-0.25, -0.2) is 4.98 Å². The largest absolute Gasteiger partial charge is 0.367 e. The van der Waals surface area contributed by atoms with Crippen LogP contribution in [0.15, 0.2) is 18.3 Å². The van der Waals surface area contributed by atoms with Crippen LogP contribution in [0.2, 0.25) is 0 Å². The Morgan fingerprint density at radius 2 is 1.75 bits per heavy atom. The third-order valence-corrected chi connectivity index (χ3v) is 5.28. The topological polar surface area (TPSA) is 68.2 Å². The van der Waals surface area contributed by atoms with Crippen LogP contribution in [-0.4, -0.2) is 26.7 Å². The fraction of sp³-hybridized carbons (Fsp3) is 0.647. The minimum atomic E-state index is 0. The van der Waals surface area contributed by atoms with Crippen LogP contribution in [0.3, 0.4) is 0 Å². The Labute approximate surface area is 155 Å². The molecule has 0 radical (unpaired) electrons. The van der Waals surface area contributed by atoms with Crippen molar-refractivity contribution in [3.63, 3.8) is 0 Å². The lowest BCUT2D eigenvalue weighted by atomic mass is 9.92. The second-order valence-electron chi connectivity index (χ2n) is 6.90. The number of rotatable bonds is 3. The van der Waals surface area contributed by atoms with Crippen molar-refractivity contribution in [3.8, 4) is 0 Å². The number of nitrogens with one attached hydrogen (secondary N) is 1. The molecule has 3 N–H and O–H groups in total. The Morgan fingerprint density at radius 1 is 1.04 bits per heavy atom. The van der Waals surface area contributed by atoms with Crippen molar-refractivity contribution >= 4 is 36.3 Å². The summed E-state index contributed by atoms with van der Waals surface area (Å²) in [6.07, 6.45) is 11.6. The average molecular weight is 372 g/mol. The van der Waals surface area contributed by atoms with Gasteiger partial charge in [-0.2, -0.15) is 9.61 Å². The van der Waals surface area contributed by atoms with Gasteiger partial charge in [-0.1, -0.05) is 12.8 Å². The van der Waals surface area contributed by atoms with Crippen LogP contribution in [0.4, 0.5) is 5.82 Å². The van der Waals surface area contributed by atoms with Crippen LogP contribution in [0.25, 0.3) is 5.65 Å². The summed E-state index contributed by atoms with van der Waals surface area (Å²) >= 11 is 0. The summed E-state index contributed by atoms with van der Waals surface area (Å²) in [6.45, 7) is 0. The van der Waals surface area contributed by atoms with E-state index in [0.717, 1.165) is 37.1 Å². The third-order valence-electron chi connectivity index (χ3n) is 5.28. The molecule has 2 aromatic rings. The van der Waals surface area contributed by atoms with E-state index in [9.17, 15) is 0 Å². The summed E-state index contributed by atoms with van der Waals surface area (Å²) in [5.41, 5.74) is 8.21. The summed E-state index contributed by atoms with van der Waals surface area (Å²) in [4.78, 5) is 4.82. The Hall–Kier alpha value is -1.04. The normalized spacial score (nSPS) is 24.4. The van der Waals surface area contributed by atoms with Crippen LogP contribution in [0.5, 0.6) is 0 Å². The fourth-order valence-corrected chi connectivity index (χ4v) is 3.94. The molecule has 0 bridgehead atoms. The average Bonchev–Trinajstić information content (AvgIpc) is 3.20. The molecule has 2 aliphatic carbocycles. The Bertz CT molecular complexity index is 645. The van der Waals surface area contributed by atoms with Gasteiger partial charge in [-0.05, 0) is 38.5 Å². The van der Waals surface area contributed by atoms with Gasteiger partial charge in [0.05, 0.1) is 6.20 Å². The SMILES string of the molecule is Cl.Cl.NC1CCC(Nc2cc(C3CCCC3)nc3ccnn23)CC1. The lowest BCUT2D eigenvalue weighted by Crippen LogP contribution is -2.33. The van der Waals surface area contributed by atoms with Gasteiger partial charge in [0.1, 0.15) is 5.82 Å². The Morgan fingerprint density at radius 3 is 2.46 bits per heavy atom. The van der Waals surface area contributed by atoms with Crippen LogP contribution in [0.1, 0.15) is 63.0 Å². The highest BCUT2D eigenvalue weighted by molar-refractivity contribution is 5.85. The molecule has 5 nitrogen and oxygen atoms in total. The number of hydrogen-bond donors (Lipinski definition) is 2. The smallest absolute Gasteiger partial charge is 0.157 e. The number of aromatic nitrogens is 3. The van der Waals surface area contributed by atoms with E-state index in [1.54, 1.807) is 0 Å². The first-order valence-electron chi connectivity index (χ1n) is 8.66. The van der Waals surface area contributed by atoms with Gasteiger partial charge >= 0.3 is 0 Å². The predicted molar refractivity (Wildman–Crippen MR) is 103 cm³/mol. The summed E-state index contributed by atoms with van der Waals surface area (Å²) in [5, 5.41) is 8.13. The molecule has 0 aliphatic heterocycles. The van der Waals surface area contributed by atoms with Gasteiger partial charge in [-0.3, -0.25) is 0 Å². The van der Waals surface area contributed by atoms with Crippen LogP contribution >= 0.6 is 24.8 Å². The lowest BCUT2D eigenvalue weighted by molar-refractivity contribution is 0.410. The van der Waals surface area contributed by atoms with Crippen molar-refractivity contribution in [3.05, 3.63) is 24.0 Å². The molecule has 4 rings (SSSR count). The van der Waals surface area contributed by atoms with Gasteiger partial charge in [-0.15, -0.1) is 24.8 Å². The summed E-state index contributed by atoms with van der Waals surface area (Å²) < 4.78 is 1.94. The van der Waals surface area contributed by atoms with Gasteiger partial charge in [0.2, 0.25) is 0 Å². The molecule has 0 amide bonds. The fourth-order valence-electron chi connectivity index (χ4n) is 3.94. The van der Waals surface area contributed by atoms with Crippen molar-refractivity contribution in [1.82, 2.24) is 14.6 Å². The van der Waals surface area contributed by atoms with E-state index in [2.05, 4.69) is 16.5 Å². The minimum absolute atomic E-state index is 0. The van der Waals surface area contributed by atoms with Gasteiger partial charge in [0.15, 0.2) is 5.65 Å². The molecule has 0 saturated heterocycles. The molecule has 2 heterocycles. The molecule has 24 heavy (non-hydrogen) atoms. The van der Waals surface area contributed by atoms with Gasteiger partial charge in [0, 0.05) is 35.8 Å². The zero-order chi connectivity index (χ0) is 14.9. The molecule has 0 aromatic carbocycles. The minimum Gasteiger partial charge on any atom is -0.367 e. The number of anilines is 1. The van der Waals surface area contributed by atoms with E-state index in [0.29, 0.717) is 18.0 Å². The van der Waals surface area contributed by atoms with E-state index in [-0.39, 0.29) is 24.8 Å². The Balaban J connectivity index is 0.00000104. The van der Waals surface area contributed by atoms with Crippen molar-refractivity contribution < 1.29 is 0 Å². The van der Waals surface area contributed by atoms with E-state index in [4.69, 9.17) is 10.7 Å². The molecule has 2 saturated carbocycles. The highest BCUT2D eigenvalue weighted by Crippen LogP contribution is 2.34.